The molecule has 8 nitrogen and oxygen atoms in total. The molecule has 0 aliphatic carbocycles. The van der Waals surface area contributed by atoms with Crippen LogP contribution in [-0.4, -0.2) is 68.4 Å². The predicted molar refractivity (Wildman–Crippen MR) is 127 cm³/mol. The van der Waals surface area contributed by atoms with Gasteiger partial charge in [0.1, 0.15) is 11.7 Å². The Hall–Kier alpha value is -3.39. The van der Waals surface area contributed by atoms with Gasteiger partial charge in [-0.3, -0.25) is 14.4 Å². The van der Waals surface area contributed by atoms with E-state index < -0.39 is 29.4 Å². The number of hydrogen-bond donors (Lipinski definition) is 2. The number of quaternary nitrogens is 1. The fourth-order valence-corrected chi connectivity index (χ4v) is 4.40. The molecule has 0 bridgehead atoms. The van der Waals surface area contributed by atoms with Gasteiger partial charge in [-0.1, -0.05) is 6.07 Å². The molecule has 1 fully saturated rings. The highest BCUT2D eigenvalue weighted by Crippen LogP contribution is 2.41. The van der Waals surface area contributed by atoms with Gasteiger partial charge in [0.15, 0.2) is 17.3 Å². The van der Waals surface area contributed by atoms with E-state index >= 15 is 0 Å². The monoisotopic (exact) mass is 469 g/mol. The molecule has 0 radical (unpaired) electrons. The Morgan fingerprint density at radius 2 is 1.88 bits per heavy atom. The average Bonchev–Trinajstić information content (AvgIpc) is 3.05. The average molecular weight is 470 g/mol. The van der Waals surface area contributed by atoms with Crippen molar-refractivity contribution in [2.24, 2.45) is 5.92 Å². The molecule has 1 saturated heterocycles. The van der Waals surface area contributed by atoms with Gasteiger partial charge in [-0.2, -0.15) is 0 Å². The van der Waals surface area contributed by atoms with Crippen molar-refractivity contribution in [3.05, 3.63) is 53.1 Å². The molecule has 1 aliphatic heterocycles. The van der Waals surface area contributed by atoms with Gasteiger partial charge in [-0.05, 0) is 55.3 Å². The number of aryl methyl sites for hydroxylation is 1. The molecular weight excluding hydrogens is 436 g/mol. The first-order valence-corrected chi connectivity index (χ1v) is 11.5. The van der Waals surface area contributed by atoms with E-state index in [9.17, 15) is 19.5 Å². The SMILES string of the molecule is CCOc1cc(C2C(C(=O)c3ccc(OC)cc3C)C(=O)C(=O)N2CCC[NH+](C)C)ccc1O. The fourth-order valence-electron chi connectivity index (χ4n) is 4.40. The summed E-state index contributed by atoms with van der Waals surface area (Å²) >= 11 is 0. The lowest BCUT2D eigenvalue weighted by atomic mass is 9.85. The van der Waals surface area contributed by atoms with Crippen molar-refractivity contribution in [2.45, 2.75) is 26.3 Å². The summed E-state index contributed by atoms with van der Waals surface area (Å²) in [5.41, 5.74) is 1.61. The van der Waals surface area contributed by atoms with Gasteiger partial charge in [0.2, 0.25) is 5.78 Å². The zero-order chi connectivity index (χ0) is 25.0. The third-order valence-corrected chi connectivity index (χ3v) is 6.09. The van der Waals surface area contributed by atoms with Gasteiger partial charge in [0.25, 0.3) is 5.91 Å². The Labute approximate surface area is 200 Å². The highest BCUT2D eigenvalue weighted by Gasteiger charge is 2.51. The maximum absolute atomic E-state index is 13.7. The van der Waals surface area contributed by atoms with Crippen LogP contribution in [0.4, 0.5) is 0 Å². The number of hydrogen-bond acceptors (Lipinski definition) is 6. The molecule has 2 unspecified atom stereocenters. The number of ketones is 2. The van der Waals surface area contributed by atoms with E-state index in [1.54, 1.807) is 51.3 Å². The molecule has 2 atom stereocenters. The minimum Gasteiger partial charge on any atom is -0.504 e. The highest BCUT2D eigenvalue weighted by molar-refractivity contribution is 6.44. The maximum atomic E-state index is 13.7. The first-order valence-electron chi connectivity index (χ1n) is 11.5. The zero-order valence-corrected chi connectivity index (χ0v) is 20.4. The van der Waals surface area contributed by atoms with Crippen LogP contribution in [0.15, 0.2) is 36.4 Å². The molecule has 0 saturated carbocycles. The molecule has 2 N–H and O–H groups in total. The van der Waals surface area contributed by atoms with E-state index in [0.29, 0.717) is 42.0 Å². The van der Waals surface area contributed by atoms with Crippen LogP contribution in [0, 0.1) is 12.8 Å². The van der Waals surface area contributed by atoms with Gasteiger partial charge < -0.3 is 24.4 Å². The van der Waals surface area contributed by atoms with Crippen LogP contribution < -0.4 is 14.4 Å². The summed E-state index contributed by atoms with van der Waals surface area (Å²) in [5.74, 6) is -2.16. The summed E-state index contributed by atoms with van der Waals surface area (Å²) in [6.45, 7) is 5.06. The highest BCUT2D eigenvalue weighted by atomic mass is 16.5. The zero-order valence-electron chi connectivity index (χ0n) is 20.4. The Balaban J connectivity index is 2.07. The van der Waals surface area contributed by atoms with Crippen LogP contribution in [0.25, 0.3) is 0 Å². The van der Waals surface area contributed by atoms with E-state index in [1.807, 2.05) is 14.1 Å². The van der Waals surface area contributed by atoms with Crippen molar-refractivity contribution in [2.75, 3.05) is 40.9 Å². The maximum Gasteiger partial charge on any atom is 0.291 e. The number of rotatable bonds is 10. The Bertz CT molecular complexity index is 1080. The fraction of sp³-hybridized carbons (Fsp3) is 0.423. The predicted octanol–water partition coefficient (Wildman–Crippen LogP) is 1.59. The van der Waals surface area contributed by atoms with Gasteiger partial charge in [0.05, 0.1) is 40.4 Å². The third kappa shape index (κ3) is 5.07. The number of methoxy groups -OCH3 is 1. The number of carbonyl (C=O) groups is 3. The number of phenols is 1. The molecule has 8 heteroatoms. The molecule has 3 rings (SSSR count). The van der Waals surface area contributed by atoms with Crippen LogP contribution in [0.1, 0.15) is 40.9 Å². The molecule has 2 aromatic rings. The first-order chi connectivity index (χ1) is 16.2. The second kappa shape index (κ2) is 10.7. The molecular formula is C26H33N2O6+. The number of amides is 1. The minimum absolute atomic E-state index is 0.0436. The lowest BCUT2D eigenvalue weighted by molar-refractivity contribution is -0.858. The lowest BCUT2D eigenvalue weighted by Gasteiger charge is -2.28. The van der Waals surface area contributed by atoms with Gasteiger partial charge in [-0.25, -0.2) is 0 Å². The number of carbonyl (C=O) groups excluding carboxylic acids is 3. The van der Waals surface area contributed by atoms with Crippen molar-refractivity contribution in [1.82, 2.24) is 4.90 Å². The molecule has 1 amide bonds. The van der Waals surface area contributed by atoms with Crippen LogP contribution in [-0.2, 0) is 9.59 Å². The van der Waals surface area contributed by atoms with Gasteiger partial charge in [-0.15, -0.1) is 0 Å². The van der Waals surface area contributed by atoms with Crippen molar-refractivity contribution in [3.63, 3.8) is 0 Å². The number of aromatic hydroxyl groups is 1. The topological polar surface area (TPSA) is 97.6 Å². The van der Waals surface area contributed by atoms with Crippen molar-refractivity contribution in [3.8, 4) is 17.2 Å². The Morgan fingerprint density at radius 3 is 2.50 bits per heavy atom. The molecule has 1 aliphatic rings. The first kappa shape index (κ1) is 25.2. The summed E-state index contributed by atoms with van der Waals surface area (Å²) < 4.78 is 10.8. The van der Waals surface area contributed by atoms with Crippen LogP contribution in [0.5, 0.6) is 17.2 Å². The molecule has 1 heterocycles. The van der Waals surface area contributed by atoms with Crippen molar-refractivity contribution >= 4 is 17.5 Å². The summed E-state index contributed by atoms with van der Waals surface area (Å²) in [4.78, 5) is 42.7. The number of nitrogens with one attached hydrogen (secondary N) is 1. The Kier molecular flexibility index (Phi) is 7.94. The van der Waals surface area contributed by atoms with E-state index in [1.165, 1.54) is 15.9 Å². The standard InChI is InChI=1S/C26H32N2O6/c1-6-34-21-15-17(8-11-20(21)29)23-22(24(30)19-10-9-18(33-5)14-16(19)2)25(31)26(32)28(23)13-7-12-27(3)4/h8-11,14-15,22-23,29H,6-7,12-13H2,1-5H3/p+1. The van der Waals surface area contributed by atoms with Crippen LogP contribution in [0.2, 0.25) is 0 Å². The number of likely N-dealkylation sites (tertiary alicyclic amines) is 1. The van der Waals surface area contributed by atoms with E-state index in [2.05, 4.69) is 0 Å². The van der Waals surface area contributed by atoms with E-state index in [4.69, 9.17) is 9.47 Å². The van der Waals surface area contributed by atoms with Crippen LogP contribution in [0.3, 0.4) is 0 Å². The van der Waals surface area contributed by atoms with Crippen LogP contribution >= 0.6 is 0 Å². The molecule has 0 aromatic heterocycles. The lowest BCUT2D eigenvalue weighted by Crippen LogP contribution is -3.05. The summed E-state index contributed by atoms with van der Waals surface area (Å²) in [6, 6.07) is 8.96. The van der Waals surface area contributed by atoms with Crippen molar-refractivity contribution in [1.29, 1.82) is 0 Å². The van der Waals surface area contributed by atoms with Gasteiger partial charge in [0, 0.05) is 18.5 Å². The second-order valence-corrected chi connectivity index (χ2v) is 8.80. The third-order valence-electron chi connectivity index (χ3n) is 6.09. The van der Waals surface area contributed by atoms with E-state index in [-0.39, 0.29) is 11.5 Å². The molecule has 0 spiro atoms. The van der Waals surface area contributed by atoms with Gasteiger partial charge >= 0.3 is 0 Å². The summed E-state index contributed by atoms with van der Waals surface area (Å²) in [6.07, 6.45) is 0.677. The number of Topliss-reactive ketones (excluding diaryl/α,β-unsaturated/α-hetero) is 2. The van der Waals surface area contributed by atoms with Crippen molar-refractivity contribution < 1.29 is 33.9 Å². The number of nitrogens with zero attached hydrogens (tertiary/aromatic N) is 1. The van der Waals surface area contributed by atoms with E-state index in [0.717, 1.165) is 6.54 Å². The number of benzene rings is 2. The summed E-state index contributed by atoms with van der Waals surface area (Å²) in [5, 5.41) is 10.2. The molecule has 34 heavy (non-hydrogen) atoms. The largest absolute Gasteiger partial charge is 0.504 e. The smallest absolute Gasteiger partial charge is 0.291 e. The minimum atomic E-state index is -1.19. The number of phenolic OH excluding ortho intramolecular Hbond substituents is 1. The quantitative estimate of drug-likeness (QED) is 0.312. The normalized spacial score (nSPS) is 18.0. The number of ether oxygens (including phenoxy) is 2. The Morgan fingerprint density at radius 1 is 1.15 bits per heavy atom. The molecule has 182 valence electrons. The molecule has 2 aromatic carbocycles. The second-order valence-electron chi connectivity index (χ2n) is 8.80. The summed E-state index contributed by atoms with van der Waals surface area (Å²) in [7, 11) is 5.57.